The lowest BCUT2D eigenvalue weighted by Gasteiger charge is -2.10. The molecule has 5 nitrogen and oxygen atoms in total. The van der Waals surface area contributed by atoms with E-state index in [1.54, 1.807) is 0 Å². The molecule has 0 spiro atoms. The van der Waals surface area contributed by atoms with E-state index in [-0.39, 0.29) is 31.0 Å². The van der Waals surface area contributed by atoms with E-state index in [1.165, 1.54) is 6.92 Å². The van der Waals surface area contributed by atoms with Crippen molar-refractivity contribution in [2.45, 2.75) is 13.5 Å². The third kappa shape index (κ3) is 3.62. The van der Waals surface area contributed by atoms with Gasteiger partial charge in [0.25, 0.3) is 0 Å². The molecule has 0 saturated carbocycles. The minimum Gasteiger partial charge on any atom is -0.502 e. The highest BCUT2D eigenvalue weighted by Gasteiger charge is 2.17. The highest BCUT2D eigenvalue weighted by Crippen LogP contribution is 2.32. The maximum Gasteiger partial charge on any atom is 0.197 e. The topological polar surface area (TPSA) is 89.8 Å². The van der Waals surface area contributed by atoms with Crippen LogP contribution in [0.3, 0.4) is 0 Å². The summed E-state index contributed by atoms with van der Waals surface area (Å²) in [6.07, 6.45) is 0. The van der Waals surface area contributed by atoms with Crippen LogP contribution in [0.15, 0.2) is 6.07 Å². The standard InChI is InChI=1S/C12H15F2NO4/c1-6(5-16)9(17)4-15-3-7-2-8(13)11(18)12(19)10(7)14/h2,6,15-16,18-19H,3-5H2,1H3. The fourth-order valence-electron chi connectivity index (χ4n) is 1.38. The van der Waals surface area contributed by atoms with Crippen molar-refractivity contribution in [3.8, 4) is 11.5 Å². The molecule has 1 unspecified atom stereocenters. The molecule has 0 bridgehead atoms. The normalized spacial score (nSPS) is 12.4. The molecule has 19 heavy (non-hydrogen) atoms. The van der Waals surface area contributed by atoms with Crippen molar-refractivity contribution in [2.75, 3.05) is 13.2 Å². The number of aliphatic hydroxyl groups is 1. The lowest BCUT2D eigenvalue weighted by molar-refractivity contribution is -0.122. The average molecular weight is 275 g/mol. The first-order chi connectivity index (χ1) is 8.88. The Morgan fingerprint density at radius 2 is 2.00 bits per heavy atom. The lowest BCUT2D eigenvalue weighted by atomic mass is 10.1. The Bertz CT molecular complexity index is 479. The number of phenols is 2. The van der Waals surface area contributed by atoms with Gasteiger partial charge in [0.15, 0.2) is 28.9 Å². The molecule has 0 fully saturated rings. The molecule has 1 rings (SSSR count). The first kappa shape index (κ1) is 15.3. The van der Waals surface area contributed by atoms with E-state index in [4.69, 9.17) is 15.3 Å². The van der Waals surface area contributed by atoms with Crippen LogP contribution in [0.5, 0.6) is 11.5 Å². The number of rotatable bonds is 6. The number of halogens is 2. The van der Waals surface area contributed by atoms with Crippen molar-refractivity contribution >= 4 is 5.78 Å². The monoisotopic (exact) mass is 275 g/mol. The van der Waals surface area contributed by atoms with Crippen LogP contribution in [-0.4, -0.2) is 34.3 Å². The van der Waals surface area contributed by atoms with E-state index in [0.717, 1.165) is 6.07 Å². The molecule has 0 aliphatic heterocycles. The van der Waals surface area contributed by atoms with Crippen molar-refractivity contribution in [1.82, 2.24) is 5.32 Å². The van der Waals surface area contributed by atoms with Crippen molar-refractivity contribution in [1.29, 1.82) is 0 Å². The minimum atomic E-state index is -1.16. The van der Waals surface area contributed by atoms with Crippen LogP contribution in [-0.2, 0) is 11.3 Å². The summed E-state index contributed by atoms with van der Waals surface area (Å²) in [5, 5.41) is 29.4. The molecule has 0 amide bonds. The van der Waals surface area contributed by atoms with Crippen molar-refractivity contribution in [3.63, 3.8) is 0 Å². The zero-order valence-corrected chi connectivity index (χ0v) is 10.3. The first-order valence-corrected chi connectivity index (χ1v) is 5.61. The Labute approximate surface area is 108 Å². The minimum absolute atomic E-state index is 0.121. The van der Waals surface area contributed by atoms with Crippen LogP contribution in [0, 0.1) is 17.6 Å². The maximum atomic E-state index is 13.5. The van der Waals surface area contributed by atoms with Gasteiger partial charge in [-0.15, -0.1) is 0 Å². The Kier molecular flexibility index (Phi) is 5.20. The number of benzene rings is 1. The van der Waals surface area contributed by atoms with Gasteiger partial charge in [0.1, 0.15) is 0 Å². The maximum absolute atomic E-state index is 13.5. The van der Waals surface area contributed by atoms with E-state index < -0.39 is 29.1 Å². The molecule has 0 radical (unpaired) electrons. The summed E-state index contributed by atoms with van der Waals surface area (Å²) in [5.41, 5.74) is -0.211. The summed E-state index contributed by atoms with van der Waals surface area (Å²) in [5.74, 6) is -5.41. The van der Waals surface area contributed by atoms with E-state index in [2.05, 4.69) is 5.32 Å². The highest BCUT2D eigenvalue weighted by atomic mass is 19.1. The second-order valence-electron chi connectivity index (χ2n) is 4.18. The van der Waals surface area contributed by atoms with Gasteiger partial charge < -0.3 is 20.6 Å². The molecule has 1 aromatic rings. The van der Waals surface area contributed by atoms with Gasteiger partial charge in [-0.25, -0.2) is 8.78 Å². The van der Waals surface area contributed by atoms with Crippen molar-refractivity contribution < 1.29 is 28.9 Å². The van der Waals surface area contributed by atoms with Gasteiger partial charge in [0, 0.05) is 18.0 Å². The summed E-state index contributed by atoms with van der Waals surface area (Å²) in [7, 11) is 0. The van der Waals surface area contributed by atoms with Gasteiger partial charge in [-0.2, -0.15) is 0 Å². The molecule has 0 aromatic heterocycles. The summed E-state index contributed by atoms with van der Waals surface area (Å²) >= 11 is 0. The molecule has 0 heterocycles. The predicted octanol–water partition coefficient (Wildman–Crippen LogP) is 0.663. The number of aliphatic hydroxyl groups excluding tert-OH is 1. The third-order valence-corrected chi connectivity index (χ3v) is 2.68. The summed E-state index contributed by atoms with van der Waals surface area (Å²) in [6, 6.07) is 0.733. The van der Waals surface area contributed by atoms with Crippen LogP contribution in [0.1, 0.15) is 12.5 Å². The van der Waals surface area contributed by atoms with E-state index in [9.17, 15) is 13.6 Å². The number of phenolic OH excluding ortho intramolecular Hbond substituents is 2. The summed E-state index contributed by atoms with van der Waals surface area (Å²) in [4.78, 5) is 11.4. The van der Waals surface area contributed by atoms with Gasteiger partial charge in [-0.3, -0.25) is 4.79 Å². The Morgan fingerprint density at radius 3 is 2.58 bits per heavy atom. The predicted molar refractivity (Wildman–Crippen MR) is 62.7 cm³/mol. The van der Waals surface area contributed by atoms with E-state index in [0.29, 0.717) is 0 Å². The molecular formula is C12H15F2NO4. The van der Waals surface area contributed by atoms with E-state index in [1.807, 2.05) is 0 Å². The van der Waals surface area contributed by atoms with Gasteiger partial charge in [0.2, 0.25) is 0 Å². The number of ketones is 1. The largest absolute Gasteiger partial charge is 0.502 e. The zero-order valence-electron chi connectivity index (χ0n) is 10.3. The van der Waals surface area contributed by atoms with Crippen LogP contribution >= 0.6 is 0 Å². The Hall–Kier alpha value is -1.73. The van der Waals surface area contributed by atoms with E-state index >= 15 is 0 Å². The first-order valence-electron chi connectivity index (χ1n) is 5.61. The second kappa shape index (κ2) is 6.44. The lowest BCUT2D eigenvalue weighted by Crippen LogP contribution is -2.28. The van der Waals surface area contributed by atoms with Crippen LogP contribution in [0.25, 0.3) is 0 Å². The van der Waals surface area contributed by atoms with Crippen molar-refractivity contribution in [3.05, 3.63) is 23.3 Å². The van der Waals surface area contributed by atoms with Crippen LogP contribution < -0.4 is 5.32 Å². The smallest absolute Gasteiger partial charge is 0.197 e. The van der Waals surface area contributed by atoms with Crippen LogP contribution in [0.4, 0.5) is 8.78 Å². The number of nitrogens with one attached hydrogen (secondary N) is 1. The molecule has 4 N–H and O–H groups in total. The third-order valence-electron chi connectivity index (χ3n) is 2.68. The molecular weight excluding hydrogens is 260 g/mol. The molecule has 1 aromatic carbocycles. The fourth-order valence-corrected chi connectivity index (χ4v) is 1.38. The van der Waals surface area contributed by atoms with Crippen molar-refractivity contribution in [2.24, 2.45) is 5.92 Å². The fraction of sp³-hybridized carbons (Fsp3) is 0.417. The van der Waals surface area contributed by atoms with Gasteiger partial charge >= 0.3 is 0 Å². The molecule has 7 heteroatoms. The molecule has 0 aliphatic rings. The van der Waals surface area contributed by atoms with Crippen LogP contribution in [0.2, 0.25) is 0 Å². The van der Waals surface area contributed by atoms with Gasteiger partial charge in [-0.05, 0) is 6.07 Å². The summed E-state index contributed by atoms with van der Waals surface area (Å²) < 4.78 is 26.5. The number of hydrogen-bond acceptors (Lipinski definition) is 5. The number of Topliss-reactive ketones (excluding diaryl/α,β-unsaturated/α-hetero) is 1. The van der Waals surface area contributed by atoms with Gasteiger partial charge in [0.05, 0.1) is 13.2 Å². The average Bonchev–Trinajstić information content (AvgIpc) is 2.40. The Balaban J connectivity index is 2.67. The summed E-state index contributed by atoms with van der Waals surface area (Å²) in [6.45, 7) is 0.936. The van der Waals surface area contributed by atoms with Gasteiger partial charge in [-0.1, -0.05) is 6.92 Å². The quantitative estimate of drug-likeness (QED) is 0.573. The molecule has 106 valence electrons. The zero-order chi connectivity index (χ0) is 14.6. The molecule has 1 atom stereocenters. The molecule has 0 aliphatic carbocycles. The number of aromatic hydroxyl groups is 2. The number of carbonyl (C=O) groups excluding carboxylic acids is 1. The number of hydrogen-bond donors (Lipinski definition) is 4. The Morgan fingerprint density at radius 1 is 1.37 bits per heavy atom. The second-order valence-corrected chi connectivity index (χ2v) is 4.18. The number of carbonyl (C=O) groups is 1. The molecule has 0 saturated heterocycles. The highest BCUT2D eigenvalue weighted by molar-refractivity contribution is 5.82. The SMILES string of the molecule is CC(CO)C(=O)CNCc1cc(F)c(O)c(O)c1F.